The molecule has 0 bridgehead atoms. The van der Waals surface area contributed by atoms with Crippen LogP contribution in [0.25, 0.3) is 0 Å². The molecule has 0 spiro atoms. The lowest BCUT2D eigenvalue weighted by atomic mass is 9.98. The fourth-order valence-electron chi connectivity index (χ4n) is 1.59. The maximum atomic E-state index is 8.91. The molecule has 2 nitrogen and oxygen atoms in total. The second-order valence-electron chi connectivity index (χ2n) is 3.50. The monoisotopic (exact) mass is 222 g/mol. The summed E-state index contributed by atoms with van der Waals surface area (Å²) in [4.78, 5) is 0. The van der Waals surface area contributed by atoms with Crippen molar-refractivity contribution in [2.75, 3.05) is 13.2 Å². The van der Waals surface area contributed by atoms with Gasteiger partial charge in [-0.3, -0.25) is 0 Å². The summed E-state index contributed by atoms with van der Waals surface area (Å²) >= 11 is 4.07. The number of thiol groups is 1. The van der Waals surface area contributed by atoms with Gasteiger partial charge in [-0.25, -0.2) is 0 Å². The van der Waals surface area contributed by atoms with Gasteiger partial charge in [-0.2, -0.15) is 0 Å². The minimum Gasteiger partial charge on any atom is -0.395 e. The van der Waals surface area contributed by atoms with Crippen molar-refractivity contribution in [3.63, 3.8) is 0 Å². The second kappa shape index (κ2) is 6.98. The molecular weight excluding hydrogens is 204 g/mol. The van der Waals surface area contributed by atoms with Gasteiger partial charge in [-0.05, 0) is 12.8 Å². The summed E-state index contributed by atoms with van der Waals surface area (Å²) in [6, 6.07) is 0. The highest BCUT2D eigenvalue weighted by atomic mass is 33.1. The summed E-state index contributed by atoms with van der Waals surface area (Å²) in [5.41, 5.74) is 0. The maximum Gasteiger partial charge on any atom is 0.0619 e. The van der Waals surface area contributed by atoms with E-state index in [9.17, 15) is 0 Å². The van der Waals surface area contributed by atoms with Gasteiger partial charge in [0.2, 0.25) is 0 Å². The van der Waals surface area contributed by atoms with E-state index in [1.165, 1.54) is 42.9 Å². The Morgan fingerprint density at radius 3 is 2.62 bits per heavy atom. The highest BCUT2D eigenvalue weighted by Crippen LogP contribution is 2.22. The van der Waals surface area contributed by atoms with Gasteiger partial charge >= 0.3 is 0 Å². The highest BCUT2D eigenvalue weighted by Gasteiger charge is 2.15. The molecule has 0 saturated heterocycles. The molecule has 0 aliphatic heterocycles. The van der Waals surface area contributed by atoms with Gasteiger partial charge in [-0.1, -0.05) is 30.1 Å². The Labute approximate surface area is 89.2 Å². The van der Waals surface area contributed by atoms with Gasteiger partial charge in [0.15, 0.2) is 0 Å². The third-order valence-electron chi connectivity index (χ3n) is 2.42. The van der Waals surface area contributed by atoms with Crippen LogP contribution in [0.15, 0.2) is 0 Å². The molecule has 0 aromatic rings. The van der Waals surface area contributed by atoms with E-state index in [1.54, 1.807) is 0 Å². The minimum atomic E-state index is 0.130. The van der Waals surface area contributed by atoms with Crippen molar-refractivity contribution < 1.29 is 9.84 Å². The summed E-state index contributed by atoms with van der Waals surface area (Å²) in [6.07, 6.45) is 6.75. The Balaban J connectivity index is 2.09. The molecule has 4 heteroatoms. The quantitative estimate of drug-likeness (QED) is 0.552. The van der Waals surface area contributed by atoms with Crippen LogP contribution < -0.4 is 0 Å². The van der Waals surface area contributed by atoms with Crippen LogP contribution in [0.2, 0.25) is 0 Å². The number of aliphatic hydroxyl groups excluding tert-OH is 1. The standard InChI is InChI=1S/C9H18O2S2/c10-6-9(13-12)7-11-8-4-2-1-3-5-8/h8-10,12H,1-7H2. The fraction of sp³-hybridized carbons (Fsp3) is 1.00. The number of rotatable bonds is 5. The van der Waals surface area contributed by atoms with Crippen LogP contribution in [-0.2, 0) is 4.74 Å². The Morgan fingerprint density at radius 2 is 2.08 bits per heavy atom. The van der Waals surface area contributed by atoms with E-state index >= 15 is 0 Å². The molecule has 1 fully saturated rings. The Bertz CT molecular complexity index is 123. The smallest absolute Gasteiger partial charge is 0.0619 e. The summed E-state index contributed by atoms with van der Waals surface area (Å²) < 4.78 is 5.70. The molecule has 1 aliphatic carbocycles. The van der Waals surface area contributed by atoms with E-state index in [0.717, 1.165) is 0 Å². The third kappa shape index (κ3) is 4.58. The molecule has 0 aromatic carbocycles. The molecule has 1 unspecified atom stereocenters. The fourth-order valence-corrected chi connectivity index (χ4v) is 2.18. The first-order valence-corrected chi connectivity index (χ1v) is 6.82. The zero-order valence-electron chi connectivity index (χ0n) is 7.82. The topological polar surface area (TPSA) is 29.5 Å². The summed E-state index contributed by atoms with van der Waals surface area (Å²) in [6.45, 7) is 0.788. The average Bonchev–Trinajstić information content (AvgIpc) is 2.21. The normalized spacial score (nSPS) is 21.7. The van der Waals surface area contributed by atoms with Crippen molar-refractivity contribution in [1.29, 1.82) is 0 Å². The zero-order chi connectivity index (χ0) is 9.52. The van der Waals surface area contributed by atoms with Gasteiger partial charge in [0.1, 0.15) is 0 Å². The Morgan fingerprint density at radius 1 is 1.38 bits per heavy atom. The highest BCUT2D eigenvalue weighted by molar-refractivity contribution is 8.68. The Hall–Kier alpha value is 0.620. The number of hydrogen-bond donors (Lipinski definition) is 2. The van der Waals surface area contributed by atoms with Gasteiger partial charge in [0.25, 0.3) is 0 Å². The van der Waals surface area contributed by atoms with Crippen LogP contribution >= 0.6 is 22.5 Å². The van der Waals surface area contributed by atoms with E-state index in [2.05, 4.69) is 11.7 Å². The van der Waals surface area contributed by atoms with Crippen molar-refractivity contribution >= 4 is 22.5 Å². The molecule has 0 heterocycles. The SMILES string of the molecule is OCC(COC1CCCCC1)SS. The molecule has 0 radical (unpaired) electrons. The molecule has 1 aliphatic rings. The molecule has 1 saturated carbocycles. The number of ether oxygens (including phenoxy) is 1. The first-order chi connectivity index (χ1) is 6.36. The van der Waals surface area contributed by atoms with Gasteiger partial charge in [0.05, 0.1) is 24.6 Å². The zero-order valence-corrected chi connectivity index (χ0v) is 9.53. The van der Waals surface area contributed by atoms with Gasteiger partial charge < -0.3 is 9.84 Å². The first kappa shape index (κ1) is 11.7. The number of aliphatic hydroxyl groups is 1. The molecular formula is C9H18O2S2. The van der Waals surface area contributed by atoms with Crippen molar-refractivity contribution in [2.45, 2.75) is 43.5 Å². The molecule has 0 amide bonds. The van der Waals surface area contributed by atoms with Crippen molar-refractivity contribution in [1.82, 2.24) is 0 Å². The molecule has 1 N–H and O–H groups in total. The van der Waals surface area contributed by atoms with E-state index in [4.69, 9.17) is 9.84 Å². The predicted octanol–water partition coefficient (Wildman–Crippen LogP) is 2.27. The van der Waals surface area contributed by atoms with E-state index in [0.29, 0.717) is 12.7 Å². The first-order valence-electron chi connectivity index (χ1n) is 4.89. The molecule has 0 aromatic heterocycles. The lowest BCUT2D eigenvalue weighted by Crippen LogP contribution is -2.23. The van der Waals surface area contributed by atoms with Crippen LogP contribution in [0.4, 0.5) is 0 Å². The third-order valence-corrected chi connectivity index (χ3v) is 3.90. The average molecular weight is 222 g/mol. The van der Waals surface area contributed by atoms with Crippen molar-refractivity contribution in [3.05, 3.63) is 0 Å². The lowest BCUT2D eigenvalue weighted by molar-refractivity contribution is 0.0242. The molecule has 1 atom stereocenters. The summed E-state index contributed by atoms with van der Waals surface area (Å²) in [7, 11) is 1.38. The van der Waals surface area contributed by atoms with Gasteiger partial charge in [0, 0.05) is 0 Å². The largest absolute Gasteiger partial charge is 0.395 e. The summed E-state index contributed by atoms with van der Waals surface area (Å²) in [5, 5.41) is 9.04. The Kier molecular flexibility index (Phi) is 6.28. The van der Waals surface area contributed by atoms with Crippen LogP contribution in [0.1, 0.15) is 32.1 Å². The number of hydrogen-bond acceptors (Lipinski definition) is 4. The van der Waals surface area contributed by atoms with Crippen LogP contribution in [-0.4, -0.2) is 29.7 Å². The lowest BCUT2D eigenvalue weighted by Gasteiger charge is -2.23. The van der Waals surface area contributed by atoms with Crippen LogP contribution in [0.3, 0.4) is 0 Å². The summed E-state index contributed by atoms with van der Waals surface area (Å²) in [5.74, 6) is 0. The minimum absolute atomic E-state index is 0.130. The molecule has 78 valence electrons. The van der Waals surface area contributed by atoms with Crippen LogP contribution in [0, 0.1) is 0 Å². The molecule has 13 heavy (non-hydrogen) atoms. The predicted molar refractivity (Wildman–Crippen MR) is 60.3 cm³/mol. The second-order valence-corrected chi connectivity index (χ2v) is 5.01. The maximum absolute atomic E-state index is 8.91. The van der Waals surface area contributed by atoms with E-state index in [-0.39, 0.29) is 11.9 Å². The molecule has 1 rings (SSSR count). The van der Waals surface area contributed by atoms with Gasteiger partial charge in [-0.15, -0.1) is 11.7 Å². The van der Waals surface area contributed by atoms with E-state index < -0.39 is 0 Å². The van der Waals surface area contributed by atoms with E-state index in [1.807, 2.05) is 0 Å². The van der Waals surface area contributed by atoms with Crippen molar-refractivity contribution in [3.8, 4) is 0 Å². The van der Waals surface area contributed by atoms with Crippen LogP contribution in [0.5, 0.6) is 0 Å². The van der Waals surface area contributed by atoms with Crippen molar-refractivity contribution in [2.24, 2.45) is 0 Å².